The first-order valence-electron chi connectivity index (χ1n) is 4.64. The SMILES string of the molecule is COc1ccc(NC(=O)C(C)Cl)cc1C. The van der Waals surface area contributed by atoms with Crippen LogP contribution >= 0.6 is 11.6 Å². The number of nitrogens with one attached hydrogen (secondary N) is 1. The summed E-state index contributed by atoms with van der Waals surface area (Å²) in [6.07, 6.45) is 0. The molecule has 0 aromatic heterocycles. The first kappa shape index (κ1) is 11.9. The summed E-state index contributed by atoms with van der Waals surface area (Å²) in [4.78, 5) is 11.3. The number of carbonyl (C=O) groups excluding carboxylic acids is 1. The number of carbonyl (C=O) groups is 1. The van der Waals surface area contributed by atoms with Gasteiger partial charge in [0.25, 0.3) is 0 Å². The zero-order valence-corrected chi connectivity index (χ0v) is 9.76. The molecule has 82 valence electrons. The minimum Gasteiger partial charge on any atom is -0.496 e. The predicted molar refractivity (Wildman–Crippen MR) is 61.7 cm³/mol. The molecule has 0 heterocycles. The average Bonchev–Trinajstić information content (AvgIpc) is 2.18. The van der Waals surface area contributed by atoms with Crippen LogP contribution in [0.1, 0.15) is 12.5 Å². The number of anilines is 1. The van der Waals surface area contributed by atoms with Crippen molar-refractivity contribution in [2.45, 2.75) is 19.2 Å². The number of alkyl halides is 1. The van der Waals surface area contributed by atoms with Crippen molar-refractivity contribution in [2.24, 2.45) is 0 Å². The number of ether oxygens (including phenoxy) is 1. The summed E-state index contributed by atoms with van der Waals surface area (Å²) in [6, 6.07) is 5.43. The van der Waals surface area contributed by atoms with Gasteiger partial charge in [0, 0.05) is 5.69 Å². The third-order valence-electron chi connectivity index (χ3n) is 2.02. The van der Waals surface area contributed by atoms with Crippen molar-refractivity contribution in [3.05, 3.63) is 23.8 Å². The van der Waals surface area contributed by atoms with Crippen LogP contribution in [-0.2, 0) is 4.79 Å². The number of amides is 1. The maximum atomic E-state index is 11.3. The Morgan fingerprint density at radius 3 is 2.67 bits per heavy atom. The quantitative estimate of drug-likeness (QED) is 0.806. The number of aryl methyl sites for hydroxylation is 1. The van der Waals surface area contributed by atoms with Crippen LogP contribution in [0.15, 0.2) is 18.2 Å². The highest BCUT2D eigenvalue weighted by Gasteiger charge is 2.09. The Bertz CT molecular complexity index is 364. The van der Waals surface area contributed by atoms with Crippen LogP contribution in [0.2, 0.25) is 0 Å². The van der Waals surface area contributed by atoms with Gasteiger partial charge in [0.1, 0.15) is 11.1 Å². The first-order valence-corrected chi connectivity index (χ1v) is 5.08. The molecule has 1 atom stereocenters. The van der Waals surface area contributed by atoms with E-state index in [4.69, 9.17) is 16.3 Å². The van der Waals surface area contributed by atoms with E-state index in [2.05, 4.69) is 5.32 Å². The van der Waals surface area contributed by atoms with E-state index >= 15 is 0 Å². The number of methoxy groups -OCH3 is 1. The molecule has 1 aromatic rings. The summed E-state index contributed by atoms with van der Waals surface area (Å²) in [7, 11) is 1.61. The fraction of sp³-hybridized carbons (Fsp3) is 0.364. The van der Waals surface area contributed by atoms with Crippen LogP contribution in [0, 0.1) is 6.92 Å². The molecular weight excluding hydrogens is 214 g/mol. The largest absolute Gasteiger partial charge is 0.496 e. The van der Waals surface area contributed by atoms with Crippen molar-refractivity contribution >= 4 is 23.2 Å². The fourth-order valence-corrected chi connectivity index (χ4v) is 1.25. The zero-order valence-electron chi connectivity index (χ0n) is 9.00. The topological polar surface area (TPSA) is 38.3 Å². The predicted octanol–water partition coefficient (Wildman–Crippen LogP) is 2.57. The van der Waals surface area contributed by atoms with E-state index in [0.717, 1.165) is 17.0 Å². The standard InChI is InChI=1S/C11H14ClNO2/c1-7-6-9(4-5-10(7)15-3)13-11(14)8(2)12/h4-6,8H,1-3H3,(H,13,14). The second-order valence-corrected chi connectivity index (χ2v) is 3.94. The van der Waals surface area contributed by atoms with Gasteiger partial charge in [-0.2, -0.15) is 0 Å². The molecule has 0 bridgehead atoms. The Kier molecular flexibility index (Phi) is 3.97. The molecule has 0 saturated carbocycles. The Hall–Kier alpha value is -1.22. The van der Waals surface area contributed by atoms with Crippen LogP contribution in [-0.4, -0.2) is 18.4 Å². The molecule has 1 unspecified atom stereocenters. The fourth-order valence-electron chi connectivity index (χ4n) is 1.20. The number of halogens is 1. The first-order chi connectivity index (χ1) is 7.04. The Labute approximate surface area is 94.4 Å². The highest BCUT2D eigenvalue weighted by Crippen LogP contribution is 2.21. The summed E-state index contributed by atoms with van der Waals surface area (Å²) in [5, 5.41) is 2.17. The molecule has 1 rings (SSSR count). The molecule has 0 fully saturated rings. The average molecular weight is 228 g/mol. The lowest BCUT2D eigenvalue weighted by atomic mass is 10.2. The van der Waals surface area contributed by atoms with Gasteiger partial charge in [-0.25, -0.2) is 0 Å². The minimum atomic E-state index is -0.535. The van der Waals surface area contributed by atoms with Crippen molar-refractivity contribution in [1.29, 1.82) is 0 Å². The van der Waals surface area contributed by atoms with Crippen LogP contribution in [0.4, 0.5) is 5.69 Å². The smallest absolute Gasteiger partial charge is 0.242 e. The highest BCUT2D eigenvalue weighted by molar-refractivity contribution is 6.32. The van der Waals surface area contributed by atoms with Gasteiger partial charge in [-0.3, -0.25) is 4.79 Å². The highest BCUT2D eigenvalue weighted by atomic mass is 35.5. The monoisotopic (exact) mass is 227 g/mol. The molecule has 15 heavy (non-hydrogen) atoms. The second kappa shape index (κ2) is 5.03. The lowest BCUT2D eigenvalue weighted by molar-refractivity contribution is -0.115. The zero-order chi connectivity index (χ0) is 11.4. The lowest BCUT2D eigenvalue weighted by Gasteiger charge is -2.09. The van der Waals surface area contributed by atoms with Gasteiger partial charge in [-0.15, -0.1) is 11.6 Å². The van der Waals surface area contributed by atoms with Gasteiger partial charge in [-0.05, 0) is 37.6 Å². The molecule has 0 aliphatic rings. The van der Waals surface area contributed by atoms with Gasteiger partial charge < -0.3 is 10.1 Å². The second-order valence-electron chi connectivity index (χ2n) is 3.29. The Morgan fingerprint density at radius 2 is 2.20 bits per heavy atom. The number of hydrogen-bond acceptors (Lipinski definition) is 2. The Morgan fingerprint density at radius 1 is 1.53 bits per heavy atom. The van der Waals surface area contributed by atoms with Crippen molar-refractivity contribution in [3.8, 4) is 5.75 Å². The molecule has 0 aliphatic carbocycles. The van der Waals surface area contributed by atoms with Gasteiger partial charge in [-0.1, -0.05) is 0 Å². The number of rotatable bonds is 3. The van der Waals surface area contributed by atoms with Gasteiger partial charge in [0.05, 0.1) is 7.11 Å². The summed E-state index contributed by atoms with van der Waals surface area (Å²) in [6.45, 7) is 3.55. The number of hydrogen-bond donors (Lipinski definition) is 1. The maximum Gasteiger partial charge on any atom is 0.242 e. The molecular formula is C11H14ClNO2. The van der Waals surface area contributed by atoms with E-state index in [1.807, 2.05) is 19.1 Å². The van der Waals surface area contributed by atoms with Gasteiger partial charge in [0.2, 0.25) is 5.91 Å². The third kappa shape index (κ3) is 3.13. The summed E-state index contributed by atoms with van der Waals surface area (Å²) in [5.41, 5.74) is 1.70. The molecule has 1 amide bonds. The molecule has 4 heteroatoms. The van der Waals surface area contributed by atoms with Crippen molar-refractivity contribution < 1.29 is 9.53 Å². The summed E-state index contributed by atoms with van der Waals surface area (Å²) >= 11 is 5.64. The van der Waals surface area contributed by atoms with Crippen molar-refractivity contribution in [2.75, 3.05) is 12.4 Å². The van der Waals surface area contributed by atoms with Crippen molar-refractivity contribution in [1.82, 2.24) is 0 Å². The van der Waals surface area contributed by atoms with E-state index in [0.29, 0.717) is 0 Å². The van der Waals surface area contributed by atoms with E-state index in [9.17, 15) is 4.79 Å². The molecule has 1 N–H and O–H groups in total. The van der Waals surface area contributed by atoms with Crippen LogP contribution in [0.5, 0.6) is 5.75 Å². The van der Waals surface area contributed by atoms with Crippen LogP contribution in [0.25, 0.3) is 0 Å². The molecule has 0 radical (unpaired) electrons. The van der Waals surface area contributed by atoms with Crippen LogP contribution < -0.4 is 10.1 Å². The molecule has 0 saturated heterocycles. The Balaban J connectivity index is 2.80. The van der Waals surface area contributed by atoms with E-state index < -0.39 is 5.38 Å². The van der Waals surface area contributed by atoms with Gasteiger partial charge in [0.15, 0.2) is 0 Å². The summed E-state index contributed by atoms with van der Waals surface area (Å²) in [5.74, 6) is 0.591. The molecule has 0 spiro atoms. The van der Waals surface area contributed by atoms with E-state index in [1.54, 1.807) is 20.1 Å². The van der Waals surface area contributed by atoms with Crippen LogP contribution in [0.3, 0.4) is 0 Å². The maximum absolute atomic E-state index is 11.3. The lowest BCUT2D eigenvalue weighted by Crippen LogP contribution is -2.20. The minimum absolute atomic E-state index is 0.207. The molecule has 3 nitrogen and oxygen atoms in total. The third-order valence-corrected chi connectivity index (χ3v) is 2.22. The van der Waals surface area contributed by atoms with Gasteiger partial charge >= 0.3 is 0 Å². The normalized spacial score (nSPS) is 12.0. The van der Waals surface area contributed by atoms with E-state index in [-0.39, 0.29) is 5.91 Å². The van der Waals surface area contributed by atoms with Crippen molar-refractivity contribution in [3.63, 3.8) is 0 Å². The van der Waals surface area contributed by atoms with E-state index in [1.165, 1.54) is 0 Å². The molecule has 1 aromatic carbocycles. The molecule has 0 aliphatic heterocycles. The number of benzene rings is 1. The summed E-state index contributed by atoms with van der Waals surface area (Å²) < 4.78 is 5.11.